The third kappa shape index (κ3) is 4.00. The van der Waals surface area contributed by atoms with Gasteiger partial charge in [0.25, 0.3) is 0 Å². The fraction of sp³-hybridized carbons (Fsp3) is 0.444. The number of carbonyl (C=O) groups excluding carboxylic acids is 2. The molecule has 2 aromatic rings. The predicted molar refractivity (Wildman–Crippen MR) is 103 cm³/mol. The normalized spacial score (nSPS) is 15.9. The zero-order valence-corrected chi connectivity index (χ0v) is 15.6. The van der Waals surface area contributed by atoms with Gasteiger partial charge in [0, 0.05) is 38.7 Å². The van der Waals surface area contributed by atoms with Gasteiger partial charge in [0.05, 0.1) is 10.9 Å². The van der Waals surface area contributed by atoms with E-state index in [1.165, 1.54) is 0 Å². The average molecular weight is 381 g/mol. The zero-order chi connectivity index (χ0) is 17.9. The Hall–Kier alpha value is -2.09. The number of ether oxygens (including phenoxy) is 1. The molecule has 0 saturated carbocycles. The minimum Gasteiger partial charge on any atom is -0.381 e. The molecule has 1 aliphatic rings. The molecule has 1 saturated heterocycles. The molecule has 0 bridgehead atoms. The van der Waals surface area contributed by atoms with E-state index in [9.17, 15) is 9.59 Å². The van der Waals surface area contributed by atoms with Crippen molar-refractivity contribution >= 4 is 40.8 Å². The smallest absolute Gasteiger partial charge is 0.239 e. The van der Waals surface area contributed by atoms with Crippen molar-refractivity contribution in [2.45, 2.75) is 19.4 Å². The number of nitrogens with one attached hydrogen (secondary N) is 2. The van der Waals surface area contributed by atoms with Crippen LogP contribution in [0.5, 0.6) is 0 Å². The Balaban J connectivity index is 0.00000243. The minimum absolute atomic E-state index is 0. The van der Waals surface area contributed by atoms with Gasteiger partial charge in [-0.1, -0.05) is 6.07 Å². The molecule has 1 aliphatic heterocycles. The molecule has 7 nitrogen and oxygen atoms in total. The predicted octanol–water partition coefficient (Wildman–Crippen LogP) is 1.50. The Morgan fingerprint density at radius 3 is 2.65 bits per heavy atom. The number of amides is 2. The molecule has 1 aromatic carbocycles. The van der Waals surface area contributed by atoms with E-state index in [4.69, 9.17) is 10.5 Å². The number of aromatic nitrogens is 1. The number of fused-ring (bicyclic) bond motifs is 1. The molecule has 4 N–H and O–H groups in total. The number of likely N-dealkylation sites (N-methyl/N-ethyl adjacent to an activating group) is 1. The second-order valence-corrected chi connectivity index (χ2v) is 6.44. The molecule has 8 heteroatoms. The largest absolute Gasteiger partial charge is 0.381 e. The summed E-state index contributed by atoms with van der Waals surface area (Å²) >= 11 is 0. The van der Waals surface area contributed by atoms with Gasteiger partial charge >= 0.3 is 0 Å². The highest BCUT2D eigenvalue weighted by molar-refractivity contribution is 5.97. The lowest BCUT2D eigenvalue weighted by atomic mass is 9.79. The molecule has 0 atom stereocenters. The average Bonchev–Trinajstić information content (AvgIpc) is 3.04. The number of benzene rings is 1. The summed E-state index contributed by atoms with van der Waals surface area (Å²) in [5, 5.41) is 6.62. The molecular weight excluding hydrogens is 356 g/mol. The van der Waals surface area contributed by atoms with E-state index in [0.29, 0.717) is 38.3 Å². The van der Waals surface area contributed by atoms with Crippen molar-refractivity contribution in [3.63, 3.8) is 0 Å². The molecule has 2 heterocycles. The maximum atomic E-state index is 12.8. The molecular formula is C18H25ClN4O3. The molecule has 1 fully saturated rings. The first-order valence-electron chi connectivity index (χ1n) is 8.47. The second kappa shape index (κ2) is 8.53. The molecule has 1 aromatic heterocycles. The van der Waals surface area contributed by atoms with Crippen LogP contribution in [-0.4, -0.2) is 43.2 Å². The maximum absolute atomic E-state index is 12.8. The van der Waals surface area contributed by atoms with E-state index < -0.39 is 5.41 Å². The minimum atomic E-state index is -0.572. The molecule has 2 amide bonds. The van der Waals surface area contributed by atoms with Crippen LogP contribution in [0.2, 0.25) is 0 Å². The summed E-state index contributed by atoms with van der Waals surface area (Å²) in [6.45, 7) is 1.65. The van der Waals surface area contributed by atoms with E-state index in [2.05, 4.69) is 10.6 Å². The van der Waals surface area contributed by atoms with Crippen LogP contribution in [0.1, 0.15) is 12.8 Å². The second-order valence-electron chi connectivity index (χ2n) is 6.44. The number of halogens is 1. The van der Waals surface area contributed by atoms with E-state index in [1.807, 2.05) is 35.0 Å². The summed E-state index contributed by atoms with van der Waals surface area (Å²) in [6, 6.07) is 7.64. The van der Waals surface area contributed by atoms with Gasteiger partial charge < -0.3 is 25.7 Å². The van der Waals surface area contributed by atoms with Gasteiger partial charge in [-0.05, 0) is 36.4 Å². The first kappa shape index (κ1) is 20.2. The highest BCUT2D eigenvalue weighted by atomic mass is 35.5. The van der Waals surface area contributed by atoms with Crippen LogP contribution in [0.4, 0.5) is 5.69 Å². The maximum Gasteiger partial charge on any atom is 0.239 e. The van der Waals surface area contributed by atoms with Gasteiger partial charge in [-0.25, -0.2) is 0 Å². The van der Waals surface area contributed by atoms with Crippen LogP contribution in [0.15, 0.2) is 30.5 Å². The van der Waals surface area contributed by atoms with Crippen LogP contribution < -0.4 is 16.4 Å². The highest BCUT2D eigenvalue weighted by Crippen LogP contribution is 2.31. The van der Waals surface area contributed by atoms with E-state index in [1.54, 1.807) is 7.05 Å². The Labute approximate surface area is 158 Å². The van der Waals surface area contributed by atoms with Crippen molar-refractivity contribution in [3.8, 4) is 0 Å². The third-order valence-corrected chi connectivity index (χ3v) is 4.95. The van der Waals surface area contributed by atoms with Crippen LogP contribution in [0, 0.1) is 5.41 Å². The van der Waals surface area contributed by atoms with E-state index >= 15 is 0 Å². The number of anilines is 1. The van der Waals surface area contributed by atoms with Crippen molar-refractivity contribution < 1.29 is 14.3 Å². The summed E-state index contributed by atoms with van der Waals surface area (Å²) in [7, 11) is 1.61. The van der Waals surface area contributed by atoms with Crippen LogP contribution in [0.3, 0.4) is 0 Å². The van der Waals surface area contributed by atoms with Crippen molar-refractivity contribution in [1.82, 2.24) is 9.88 Å². The first-order valence-corrected chi connectivity index (χ1v) is 8.47. The Morgan fingerprint density at radius 2 is 2.00 bits per heavy atom. The fourth-order valence-corrected chi connectivity index (χ4v) is 3.18. The van der Waals surface area contributed by atoms with Gasteiger partial charge in [0.1, 0.15) is 6.54 Å². The molecule has 0 aliphatic carbocycles. The van der Waals surface area contributed by atoms with Gasteiger partial charge in [-0.2, -0.15) is 0 Å². The number of nitrogens with zero attached hydrogens (tertiary/aromatic N) is 1. The molecule has 3 rings (SSSR count). The van der Waals surface area contributed by atoms with E-state index in [0.717, 1.165) is 10.9 Å². The van der Waals surface area contributed by atoms with Crippen molar-refractivity contribution in [2.75, 3.05) is 32.1 Å². The third-order valence-electron chi connectivity index (χ3n) is 4.95. The summed E-state index contributed by atoms with van der Waals surface area (Å²) in [4.78, 5) is 24.4. The Bertz CT molecular complexity index is 784. The zero-order valence-electron chi connectivity index (χ0n) is 14.8. The fourth-order valence-electron chi connectivity index (χ4n) is 3.18. The molecule has 0 spiro atoms. The standard InChI is InChI=1S/C18H24N4O3.ClH/c1-20-16(23)11-22-7-4-13-2-3-14(10-15(13)22)21-17(24)18(12-19)5-8-25-9-6-18;/h2-4,7,10H,5-6,8-9,11-12,19H2,1H3,(H,20,23)(H,21,24);1H. The van der Waals surface area contributed by atoms with Crippen LogP contribution in [0.25, 0.3) is 10.9 Å². The number of nitrogens with two attached hydrogens (primary N) is 1. The summed E-state index contributed by atoms with van der Waals surface area (Å²) in [5.41, 5.74) is 6.92. The quantitative estimate of drug-likeness (QED) is 0.732. The molecule has 142 valence electrons. The topological polar surface area (TPSA) is 98.4 Å². The van der Waals surface area contributed by atoms with Crippen molar-refractivity contribution in [3.05, 3.63) is 30.5 Å². The Kier molecular flexibility index (Phi) is 6.63. The number of rotatable bonds is 5. The lowest BCUT2D eigenvalue weighted by Crippen LogP contribution is -2.46. The van der Waals surface area contributed by atoms with Crippen LogP contribution >= 0.6 is 12.4 Å². The molecule has 26 heavy (non-hydrogen) atoms. The van der Waals surface area contributed by atoms with E-state index in [-0.39, 0.29) is 30.8 Å². The summed E-state index contributed by atoms with van der Waals surface area (Å²) in [6.07, 6.45) is 3.13. The summed E-state index contributed by atoms with van der Waals surface area (Å²) in [5.74, 6) is -0.140. The van der Waals surface area contributed by atoms with Crippen LogP contribution in [-0.2, 0) is 20.9 Å². The molecule has 0 radical (unpaired) electrons. The number of hydrogen-bond donors (Lipinski definition) is 3. The summed E-state index contributed by atoms with van der Waals surface area (Å²) < 4.78 is 7.22. The van der Waals surface area contributed by atoms with Gasteiger partial charge in [0.15, 0.2) is 0 Å². The monoisotopic (exact) mass is 380 g/mol. The number of hydrogen-bond acceptors (Lipinski definition) is 4. The van der Waals surface area contributed by atoms with Gasteiger partial charge in [-0.15, -0.1) is 12.4 Å². The SMILES string of the molecule is CNC(=O)Cn1ccc2ccc(NC(=O)C3(CN)CCOCC3)cc21.Cl. The van der Waals surface area contributed by atoms with Gasteiger partial charge in [0.2, 0.25) is 11.8 Å². The number of carbonyl (C=O) groups is 2. The van der Waals surface area contributed by atoms with Crippen molar-refractivity contribution in [2.24, 2.45) is 11.1 Å². The Morgan fingerprint density at radius 1 is 1.27 bits per heavy atom. The molecule has 0 unspecified atom stereocenters. The highest BCUT2D eigenvalue weighted by Gasteiger charge is 2.38. The van der Waals surface area contributed by atoms with Gasteiger partial charge in [-0.3, -0.25) is 9.59 Å². The lowest BCUT2D eigenvalue weighted by molar-refractivity contribution is -0.130. The first-order chi connectivity index (χ1) is 12.1. The lowest BCUT2D eigenvalue weighted by Gasteiger charge is -2.34. The van der Waals surface area contributed by atoms with Crippen molar-refractivity contribution in [1.29, 1.82) is 0 Å².